The van der Waals surface area contributed by atoms with Gasteiger partial charge in [-0.25, -0.2) is 0 Å². The van der Waals surface area contributed by atoms with E-state index in [2.05, 4.69) is 11.7 Å². The zero-order valence-corrected chi connectivity index (χ0v) is 12.7. The van der Waals surface area contributed by atoms with Crippen molar-refractivity contribution in [3.8, 4) is 0 Å². The molecule has 1 N–H and O–H groups in total. The van der Waals surface area contributed by atoms with Crippen LogP contribution in [0.15, 0.2) is 0 Å². The van der Waals surface area contributed by atoms with E-state index in [1.165, 1.54) is 6.47 Å². The van der Waals surface area contributed by atoms with E-state index in [1.807, 2.05) is 0 Å². The van der Waals surface area contributed by atoms with Gasteiger partial charge in [-0.15, -0.1) is 0 Å². The summed E-state index contributed by atoms with van der Waals surface area (Å²) >= 11 is 0. The van der Waals surface area contributed by atoms with Gasteiger partial charge in [0, 0.05) is 6.61 Å². The molecule has 0 heterocycles. The molecule has 0 saturated carbocycles. The van der Waals surface area contributed by atoms with Gasteiger partial charge in [0.1, 0.15) is 0 Å². The summed E-state index contributed by atoms with van der Waals surface area (Å²) in [7, 11) is 0. The molecule has 0 saturated heterocycles. The summed E-state index contributed by atoms with van der Waals surface area (Å²) in [6, 6.07) is 0. The fourth-order valence-corrected chi connectivity index (χ4v) is 0.466. The van der Waals surface area contributed by atoms with Crippen LogP contribution >= 0.6 is 0 Å². The van der Waals surface area contributed by atoms with Gasteiger partial charge >= 0.3 is 27.7 Å². The predicted molar refractivity (Wildman–Crippen MR) is 39.5 cm³/mol. The van der Waals surface area contributed by atoms with Crippen molar-refractivity contribution in [2.45, 2.75) is 26.2 Å². The Hall–Kier alpha value is -0.125. The van der Waals surface area contributed by atoms with Gasteiger partial charge < -0.3 is 19.4 Å². The van der Waals surface area contributed by atoms with Crippen LogP contribution in [0.25, 0.3) is 0 Å². The van der Waals surface area contributed by atoms with E-state index in [9.17, 15) is 4.79 Å². The molecule has 0 aromatic heterocycles. The molecular formula is C7H12HgO4. The second kappa shape index (κ2) is 22.4. The van der Waals surface area contributed by atoms with Crippen LogP contribution in [0.5, 0.6) is 0 Å². The Balaban J connectivity index is -0.000000177. The van der Waals surface area contributed by atoms with E-state index in [-0.39, 0.29) is 27.7 Å². The maximum atomic E-state index is 9.42. The van der Waals surface area contributed by atoms with E-state index in [4.69, 9.17) is 9.90 Å². The first-order chi connectivity index (χ1) is 5.33. The van der Waals surface area contributed by atoms with Crippen molar-refractivity contribution in [1.29, 1.82) is 0 Å². The van der Waals surface area contributed by atoms with E-state index in [0.29, 0.717) is 13.1 Å². The molecule has 0 spiro atoms. The molecular weight excluding hydrogens is 349 g/mol. The molecule has 0 unspecified atom stereocenters. The van der Waals surface area contributed by atoms with Crippen LogP contribution in [0.2, 0.25) is 0 Å². The Kier molecular flexibility index (Phi) is 33.3. The van der Waals surface area contributed by atoms with Gasteiger partial charge in [-0.2, -0.15) is 0 Å². The molecule has 0 rings (SSSR count). The van der Waals surface area contributed by atoms with Crippen molar-refractivity contribution >= 4 is 12.9 Å². The first-order valence-corrected chi connectivity index (χ1v) is 3.33. The number of hydrogen-bond donors (Lipinski definition) is 1. The smallest absolute Gasteiger partial charge is 0.665 e. The summed E-state index contributed by atoms with van der Waals surface area (Å²) in [4.78, 5) is 17.7. The molecule has 0 amide bonds. The molecule has 5 heteroatoms. The zero-order valence-electron chi connectivity index (χ0n) is 7.21. The van der Waals surface area contributed by atoms with Gasteiger partial charge in [0.05, 0.1) is 0 Å². The Morgan fingerprint density at radius 3 is 2.17 bits per heavy atom. The van der Waals surface area contributed by atoms with Gasteiger partial charge in [0.25, 0.3) is 0 Å². The standard InChI is InChI=1S/C6H11O2.CHO2.Hg/c1-2-3-4-5-8-6-7;2-1-3;/h2-5H2,1H3;(H,2,3);/q2*-1;+2. The second-order valence-corrected chi connectivity index (χ2v) is 1.73. The third-order valence-corrected chi connectivity index (χ3v) is 0.909. The monoisotopic (exact) mass is 362 g/mol. The zero-order chi connectivity index (χ0) is 8.95. The molecule has 4 nitrogen and oxygen atoms in total. The topological polar surface area (TPSA) is 63.6 Å². The number of carbonyl (C=O) groups excluding carboxylic acids is 1. The number of ether oxygens (including phenoxy) is 1. The molecule has 12 heavy (non-hydrogen) atoms. The fraction of sp³-hybridized carbons (Fsp3) is 0.714. The Bertz CT molecular complexity index is 87.5. The Morgan fingerprint density at radius 1 is 1.33 bits per heavy atom. The maximum Gasteiger partial charge on any atom is 2.00 e. The molecule has 0 aliphatic heterocycles. The van der Waals surface area contributed by atoms with Gasteiger partial charge in [-0.1, -0.05) is 32.7 Å². The molecule has 0 aliphatic rings. The Labute approximate surface area is 92.8 Å². The molecule has 0 radical (unpaired) electrons. The normalized spacial score (nSPS) is 6.75. The minimum absolute atomic E-state index is 0. The third-order valence-electron chi connectivity index (χ3n) is 0.909. The molecule has 0 aromatic rings. The number of unbranched alkanes of at least 4 members (excludes halogenated alkanes) is 2. The summed E-state index contributed by atoms with van der Waals surface area (Å²) in [6.45, 7) is 4.50. The average molecular weight is 361 g/mol. The maximum absolute atomic E-state index is 9.42. The number of aliphatic hydroxyl groups excluding tert-OH is 1. The summed E-state index contributed by atoms with van der Waals surface area (Å²) in [5.41, 5.74) is 0. The van der Waals surface area contributed by atoms with Crippen LogP contribution in [0, 0.1) is 0 Å². The van der Waals surface area contributed by atoms with Crippen molar-refractivity contribution in [2.75, 3.05) is 6.61 Å². The van der Waals surface area contributed by atoms with Crippen LogP contribution < -0.4 is 0 Å². The molecule has 66 valence electrons. The summed E-state index contributed by atoms with van der Waals surface area (Å²) in [6.07, 6.45) is 3.25. The minimum Gasteiger partial charge on any atom is -0.665 e. The van der Waals surface area contributed by atoms with E-state index >= 15 is 0 Å². The predicted octanol–water partition coefficient (Wildman–Crippen LogP) is 0.869. The molecule has 0 bridgehead atoms. The number of rotatable bonds is 5. The van der Waals surface area contributed by atoms with Crippen molar-refractivity contribution in [1.82, 2.24) is 0 Å². The van der Waals surface area contributed by atoms with Crippen LogP contribution in [0.3, 0.4) is 0 Å². The van der Waals surface area contributed by atoms with Gasteiger partial charge in [-0.3, -0.25) is 0 Å². The van der Waals surface area contributed by atoms with Crippen LogP contribution in [-0.4, -0.2) is 24.7 Å². The van der Waals surface area contributed by atoms with Crippen molar-refractivity contribution in [3.05, 3.63) is 0 Å². The minimum atomic E-state index is 0. The first kappa shape index (κ1) is 17.8. The quantitative estimate of drug-likeness (QED) is 0.449. The van der Waals surface area contributed by atoms with E-state index < -0.39 is 0 Å². The molecule has 0 aliphatic carbocycles. The SMILES string of the molecule is CCCCCO[C-]=O.O=[C-]O.[Hg+2]. The summed E-state index contributed by atoms with van der Waals surface area (Å²) < 4.78 is 4.33. The van der Waals surface area contributed by atoms with Crippen LogP contribution in [0.4, 0.5) is 0 Å². The van der Waals surface area contributed by atoms with Gasteiger partial charge in [-0.05, 0) is 6.42 Å². The Morgan fingerprint density at radius 2 is 1.83 bits per heavy atom. The van der Waals surface area contributed by atoms with E-state index in [0.717, 1.165) is 19.3 Å². The van der Waals surface area contributed by atoms with Gasteiger partial charge in [0.2, 0.25) is 0 Å². The van der Waals surface area contributed by atoms with Crippen molar-refractivity contribution in [2.24, 2.45) is 0 Å². The van der Waals surface area contributed by atoms with Crippen LogP contribution in [0.1, 0.15) is 26.2 Å². The van der Waals surface area contributed by atoms with Crippen molar-refractivity contribution in [3.63, 3.8) is 0 Å². The third kappa shape index (κ3) is 32.7. The largest absolute Gasteiger partial charge is 2.00 e. The second-order valence-electron chi connectivity index (χ2n) is 1.73. The average Bonchev–Trinajstić information content (AvgIpc) is 2.00. The summed E-state index contributed by atoms with van der Waals surface area (Å²) in [5, 5.41) is 6.76. The fourth-order valence-electron chi connectivity index (χ4n) is 0.466. The molecule has 0 atom stereocenters. The van der Waals surface area contributed by atoms with Crippen molar-refractivity contribution < 1.29 is 47.1 Å². The van der Waals surface area contributed by atoms with Crippen LogP contribution in [-0.2, 0) is 42.0 Å². The number of hydrogen-bond acceptors (Lipinski definition) is 3. The van der Waals surface area contributed by atoms with E-state index in [1.54, 1.807) is 0 Å². The molecule has 0 fully saturated rings. The summed E-state index contributed by atoms with van der Waals surface area (Å²) in [5.74, 6) is 0. The molecule has 0 aromatic carbocycles. The first-order valence-electron chi connectivity index (χ1n) is 3.33. The van der Waals surface area contributed by atoms with Gasteiger partial charge in [0.15, 0.2) is 0 Å².